The molecule has 4 nitrogen and oxygen atoms in total. The Labute approximate surface area is 96.2 Å². The molecule has 3 N–H and O–H groups in total. The first-order valence-corrected chi connectivity index (χ1v) is 6.40. The van der Waals surface area contributed by atoms with Gasteiger partial charge in [-0.2, -0.15) is 5.10 Å². The van der Waals surface area contributed by atoms with Crippen LogP contribution >= 0.6 is 0 Å². The molecule has 1 saturated carbocycles. The lowest BCUT2D eigenvalue weighted by atomic mass is 9.92. The van der Waals surface area contributed by atoms with Crippen molar-refractivity contribution in [3.63, 3.8) is 0 Å². The molecule has 1 aromatic heterocycles. The molecular weight excluding hydrogens is 200 g/mol. The van der Waals surface area contributed by atoms with Gasteiger partial charge in [-0.25, -0.2) is 0 Å². The van der Waals surface area contributed by atoms with Gasteiger partial charge < -0.3 is 5.73 Å². The fourth-order valence-electron chi connectivity index (χ4n) is 3.12. The number of nitrogens with two attached hydrogens (primary N) is 1. The molecule has 3 rings (SSSR count). The minimum absolute atomic E-state index is 0.707. The number of nitrogens with one attached hydrogen (secondary N) is 1. The van der Waals surface area contributed by atoms with E-state index in [4.69, 9.17) is 5.73 Å². The Morgan fingerprint density at radius 1 is 1.25 bits per heavy atom. The summed E-state index contributed by atoms with van der Waals surface area (Å²) in [6, 6.07) is 0.798. The van der Waals surface area contributed by atoms with Crippen molar-refractivity contribution in [3.05, 3.63) is 11.3 Å². The third-order valence-corrected chi connectivity index (χ3v) is 4.09. The standard InChI is InChI=1S/C12H20N4/c13-12-10-6-7-16(8-11(10)14-15-12)9-4-2-1-3-5-9/h9H,1-8H2,(H3,13,14,15). The van der Waals surface area contributed by atoms with E-state index in [0.717, 1.165) is 25.6 Å². The Hall–Kier alpha value is -1.03. The van der Waals surface area contributed by atoms with Gasteiger partial charge in [0.2, 0.25) is 0 Å². The molecule has 88 valence electrons. The lowest BCUT2D eigenvalue weighted by molar-refractivity contribution is 0.140. The summed E-state index contributed by atoms with van der Waals surface area (Å²) in [5, 5.41) is 7.18. The molecule has 1 aromatic rings. The summed E-state index contributed by atoms with van der Waals surface area (Å²) < 4.78 is 0. The summed E-state index contributed by atoms with van der Waals surface area (Å²) in [6.45, 7) is 2.17. The predicted molar refractivity (Wildman–Crippen MR) is 64.0 cm³/mol. The van der Waals surface area contributed by atoms with E-state index in [-0.39, 0.29) is 0 Å². The van der Waals surface area contributed by atoms with E-state index in [2.05, 4.69) is 15.1 Å². The highest BCUT2D eigenvalue weighted by Gasteiger charge is 2.26. The predicted octanol–water partition coefficient (Wildman–Crippen LogP) is 1.68. The SMILES string of the molecule is Nc1n[nH]c2c1CCN(C1CCCCC1)C2. The normalized spacial score (nSPS) is 23.2. The molecule has 1 aliphatic heterocycles. The van der Waals surface area contributed by atoms with E-state index < -0.39 is 0 Å². The Morgan fingerprint density at radius 3 is 2.88 bits per heavy atom. The molecule has 4 heteroatoms. The first-order chi connectivity index (χ1) is 7.84. The molecule has 0 atom stereocenters. The number of hydrogen-bond acceptors (Lipinski definition) is 3. The summed E-state index contributed by atoms with van der Waals surface area (Å²) in [5.74, 6) is 0.707. The first-order valence-electron chi connectivity index (χ1n) is 6.40. The zero-order chi connectivity index (χ0) is 11.0. The number of H-pyrrole nitrogens is 1. The summed E-state index contributed by atoms with van der Waals surface area (Å²) in [4.78, 5) is 2.61. The Kier molecular flexibility index (Phi) is 2.59. The first kappa shape index (κ1) is 10.1. The van der Waals surface area contributed by atoms with Crippen LogP contribution in [-0.2, 0) is 13.0 Å². The highest BCUT2D eigenvalue weighted by Crippen LogP contribution is 2.28. The molecular formula is C12H20N4. The zero-order valence-electron chi connectivity index (χ0n) is 9.71. The van der Waals surface area contributed by atoms with Crippen molar-refractivity contribution >= 4 is 5.82 Å². The number of fused-ring (bicyclic) bond motifs is 1. The summed E-state index contributed by atoms with van der Waals surface area (Å²) in [7, 11) is 0. The number of aromatic nitrogens is 2. The molecule has 0 bridgehead atoms. The van der Waals surface area contributed by atoms with Crippen LogP contribution < -0.4 is 5.73 Å². The van der Waals surface area contributed by atoms with Gasteiger partial charge in [-0.05, 0) is 19.3 Å². The van der Waals surface area contributed by atoms with Gasteiger partial charge in [0.05, 0.1) is 5.69 Å². The third-order valence-electron chi connectivity index (χ3n) is 4.09. The lowest BCUT2D eigenvalue weighted by Gasteiger charge is -2.36. The highest BCUT2D eigenvalue weighted by atomic mass is 15.2. The quantitative estimate of drug-likeness (QED) is 0.757. The van der Waals surface area contributed by atoms with Crippen LogP contribution in [0.4, 0.5) is 5.82 Å². The average Bonchev–Trinajstić information content (AvgIpc) is 2.72. The van der Waals surface area contributed by atoms with Crippen LogP contribution in [-0.4, -0.2) is 27.7 Å². The summed E-state index contributed by atoms with van der Waals surface area (Å²) in [6.07, 6.45) is 8.04. The van der Waals surface area contributed by atoms with Crippen LogP contribution in [0.1, 0.15) is 43.4 Å². The molecule has 0 spiro atoms. The third kappa shape index (κ3) is 1.71. The van der Waals surface area contributed by atoms with Gasteiger partial charge in [0.1, 0.15) is 5.82 Å². The zero-order valence-corrected chi connectivity index (χ0v) is 9.71. The van der Waals surface area contributed by atoms with Gasteiger partial charge in [0.15, 0.2) is 0 Å². The molecule has 2 aliphatic rings. The van der Waals surface area contributed by atoms with Crippen molar-refractivity contribution in [1.82, 2.24) is 15.1 Å². The fraction of sp³-hybridized carbons (Fsp3) is 0.750. The van der Waals surface area contributed by atoms with E-state index in [0.29, 0.717) is 5.82 Å². The monoisotopic (exact) mass is 220 g/mol. The second-order valence-electron chi connectivity index (χ2n) is 5.08. The number of aromatic amines is 1. The van der Waals surface area contributed by atoms with Gasteiger partial charge in [0.25, 0.3) is 0 Å². The van der Waals surface area contributed by atoms with Crippen LogP contribution in [0.15, 0.2) is 0 Å². The maximum Gasteiger partial charge on any atom is 0.148 e. The van der Waals surface area contributed by atoms with Crippen molar-refractivity contribution in [2.24, 2.45) is 0 Å². The largest absolute Gasteiger partial charge is 0.382 e. The topological polar surface area (TPSA) is 57.9 Å². The van der Waals surface area contributed by atoms with Crippen molar-refractivity contribution in [2.45, 2.75) is 51.1 Å². The van der Waals surface area contributed by atoms with Crippen LogP contribution in [0.25, 0.3) is 0 Å². The van der Waals surface area contributed by atoms with E-state index >= 15 is 0 Å². The van der Waals surface area contributed by atoms with Gasteiger partial charge in [-0.1, -0.05) is 19.3 Å². The Balaban J connectivity index is 1.72. The fourth-order valence-corrected chi connectivity index (χ4v) is 3.12. The van der Waals surface area contributed by atoms with E-state index in [1.807, 2.05) is 0 Å². The minimum atomic E-state index is 0.707. The van der Waals surface area contributed by atoms with Crippen LogP contribution in [0.5, 0.6) is 0 Å². The number of rotatable bonds is 1. The molecule has 0 aromatic carbocycles. The maximum absolute atomic E-state index is 5.82. The number of nitrogens with zero attached hydrogens (tertiary/aromatic N) is 2. The number of anilines is 1. The lowest BCUT2D eigenvalue weighted by Crippen LogP contribution is -2.40. The molecule has 1 aliphatic carbocycles. The van der Waals surface area contributed by atoms with Crippen LogP contribution in [0.3, 0.4) is 0 Å². The molecule has 16 heavy (non-hydrogen) atoms. The van der Waals surface area contributed by atoms with E-state index in [1.165, 1.54) is 43.4 Å². The minimum Gasteiger partial charge on any atom is -0.382 e. The number of nitrogen functional groups attached to an aromatic ring is 1. The number of hydrogen-bond donors (Lipinski definition) is 2. The second-order valence-corrected chi connectivity index (χ2v) is 5.08. The Morgan fingerprint density at radius 2 is 2.06 bits per heavy atom. The van der Waals surface area contributed by atoms with Crippen molar-refractivity contribution < 1.29 is 0 Å². The summed E-state index contributed by atoms with van der Waals surface area (Å²) in [5.41, 5.74) is 8.33. The average molecular weight is 220 g/mol. The van der Waals surface area contributed by atoms with Gasteiger partial charge >= 0.3 is 0 Å². The Bertz CT molecular complexity index is 365. The molecule has 0 radical (unpaired) electrons. The van der Waals surface area contributed by atoms with Crippen molar-refractivity contribution in [1.29, 1.82) is 0 Å². The smallest absolute Gasteiger partial charge is 0.148 e. The highest BCUT2D eigenvalue weighted by molar-refractivity contribution is 5.43. The van der Waals surface area contributed by atoms with Gasteiger partial charge in [-0.3, -0.25) is 10.00 Å². The van der Waals surface area contributed by atoms with Crippen LogP contribution in [0, 0.1) is 0 Å². The molecule has 0 amide bonds. The van der Waals surface area contributed by atoms with Gasteiger partial charge in [0, 0.05) is 24.7 Å². The maximum atomic E-state index is 5.82. The van der Waals surface area contributed by atoms with Crippen molar-refractivity contribution in [3.8, 4) is 0 Å². The van der Waals surface area contributed by atoms with E-state index in [1.54, 1.807) is 0 Å². The molecule has 2 heterocycles. The van der Waals surface area contributed by atoms with Crippen molar-refractivity contribution in [2.75, 3.05) is 12.3 Å². The van der Waals surface area contributed by atoms with E-state index in [9.17, 15) is 0 Å². The summed E-state index contributed by atoms with van der Waals surface area (Å²) >= 11 is 0. The molecule has 0 unspecified atom stereocenters. The van der Waals surface area contributed by atoms with Gasteiger partial charge in [-0.15, -0.1) is 0 Å². The molecule has 1 fully saturated rings. The molecule has 0 saturated heterocycles. The van der Waals surface area contributed by atoms with Crippen LogP contribution in [0.2, 0.25) is 0 Å². The second kappa shape index (κ2) is 4.09.